The molecule has 12 nitrogen and oxygen atoms in total. The Labute approximate surface area is 198 Å². The van der Waals surface area contributed by atoms with Crippen molar-refractivity contribution in [3.63, 3.8) is 0 Å². The molecule has 0 spiro atoms. The lowest BCUT2D eigenvalue weighted by Gasteiger charge is -2.18. The summed E-state index contributed by atoms with van der Waals surface area (Å²) >= 11 is 0. The van der Waals surface area contributed by atoms with E-state index < -0.39 is 49.0 Å². The minimum Gasteiger partial charge on any atom is -0.431 e. The zero-order valence-electron chi connectivity index (χ0n) is 19.8. The highest BCUT2D eigenvalue weighted by Crippen LogP contribution is 2.09. The van der Waals surface area contributed by atoms with Gasteiger partial charge in [0.15, 0.2) is 0 Å². The zero-order chi connectivity index (χ0) is 25.3. The largest absolute Gasteiger partial charge is 0.508 e. The molecule has 0 saturated carbocycles. The van der Waals surface area contributed by atoms with Crippen LogP contribution in [0.15, 0.2) is 24.3 Å². The molecule has 4 atom stereocenters. The fourth-order valence-electron chi connectivity index (χ4n) is 2.66. The number of ether oxygens (including phenoxy) is 8. The second-order valence-electron chi connectivity index (χ2n) is 7.37. The number of rotatable bonds is 0. The molecule has 1 aliphatic rings. The predicted molar refractivity (Wildman–Crippen MR) is 115 cm³/mol. The van der Waals surface area contributed by atoms with E-state index in [9.17, 15) is 19.2 Å². The lowest BCUT2D eigenvalue weighted by Crippen LogP contribution is -2.24. The molecule has 1 rings (SSSR count). The summed E-state index contributed by atoms with van der Waals surface area (Å²) in [6, 6.07) is 0. The summed E-state index contributed by atoms with van der Waals surface area (Å²) in [6.07, 6.45) is 0.356. The maximum atomic E-state index is 11.7. The summed E-state index contributed by atoms with van der Waals surface area (Å²) in [4.78, 5) is 46.8. The lowest BCUT2D eigenvalue weighted by atomic mass is 10.2. The maximum absolute atomic E-state index is 11.7. The highest BCUT2D eigenvalue weighted by atomic mass is 16.7. The van der Waals surface area contributed by atoms with Crippen LogP contribution in [-0.2, 0) is 37.9 Å². The highest BCUT2D eigenvalue weighted by Gasteiger charge is 2.19. The third-order valence-electron chi connectivity index (χ3n) is 4.04. The molecule has 0 aromatic heterocycles. The first-order chi connectivity index (χ1) is 16.2. The van der Waals surface area contributed by atoms with Crippen LogP contribution < -0.4 is 0 Å². The molecule has 0 aromatic rings. The van der Waals surface area contributed by atoms with Crippen molar-refractivity contribution in [1.82, 2.24) is 0 Å². The van der Waals surface area contributed by atoms with E-state index in [1.165, 1.54) is 24.3 Å². The fourth-order valence-corrected chi connectivity index (χ4v) is 2.66. The van der Waals surface area contributed by atoms with Crippen molar-refractivity contribution in [1.29, 1.82) is 0 Å². The molecule has 0 saturated heterocycles. The van der Waals surface area contributed by atoms with E-state index in [-0.39, 0.29) is 39.3 Å². The first kappa shape index (κ1) is 28.6. The molecular weight excluding hydrogens is 456 g/mol. The van der Waals surface area contributed by atoms with Gasteiger partial charge in [-0.15, -0.1) is 0 Å². The van der Waals surface area contributed by atoms with Gasteiger partial charge in [0.25, 0.3) is 0 Å². The smallest absolute Gasteiger partial charge is 0.431 e. The third kappa shape index (κ3) is 14.6. The fraction of sp³-hybridized carbons (Fsp3) is 0.636. The van der Waals surface area contributed by atoms with Crippen LogP contribution in [0.3, 0.4) is 0 Å². The average molecular weight is 488 g/mol. The monoisotopic (exact) mass is 488 g/mol. The number of cyclic esters (lactones) is 8. The van der Waals surface area contributed by atoms with Gasteiger partial charge in [0.2, 0.25) is 0 Å². The van der Waals surface area contributed by atoms with Crippen molar-refractivity contribution in [2.45, 2.75) is 65.0 Å². The van der Waals surface area contributed by atoms with Crippen LogP contribution in [0.1, 0.15) is 40.5 Å². The number of hydrogen-bond acceptors (Lipinski definition) is 12. The lowest BCUT2D eigenvalue weighted by molar-refractivity contribution is -0.00508. The standard InChI is InChI=1S/C22H32O12/c1-15-13-16(2)32-20(24)28-10-7-8-12-30-22(26)34-18(4)14-17(3)33-21(25)29-11-6-5-9-27-19(23)31-15/h5-8,15-18H,9-14H2,1-4H3/b6-5+,8-7+/t15-,16?,17?,18-/m0/s1. The molecule has 0 radical (unpaired) electrons. The topological polar surface area (TPSA) is 142 Å². The average Bonchev–Trinajstić information content (AvgIpc) is 2.71. The minimum atomic E-state index is -0.898. The molecule has 1 aliphatic heterocycles. The van der Waals surface area contributed by atoms with Gasteiger partial charge >= 0.3 is 24.6 Å². The maximum Gasteiger partial charge on any atom is 0.508 e. The van der Waals surface area contributed by atoms with Crippen LogP contribution in [0.2, 0.25) is 0 Å². The van der Waals surface area contributed by atoms with E-state index in [1.54, 1.807) is 27.7 Å². The van der Waals surface area contributed by atoms with Crippen LogP contribution in [0.25, 0.3) is 0 Å². The van der Waals surface area contributed by atoms with E-state index in [0.29, 0.717) is 0 Å². The van der Waals surface area contributed by atoms with Gasteiger partial charge < -0.3 is 37.9 Å². The summed E-state index contributed by atoms with van der Waals surface area (Å²) in [5.41, 5.74) is 0. The van der Waals surface area contributed by atoms with Crippen LogP contribution >= 0.6 is 0 Å². The van der Waals surface area contributed by atoms with E-state index in [4.69, 9.17) is 37.9 Å². The van der Waals surface area contributed by atoms with Crippen molar-refractivity contribution in [2.75, 3.05) is 26.4 Å². The Morgan fingerprint density at radius 3 is 0.882 bits per heavy atom. The van der Waals surface area contributed by atoms with Crippen LogP contribution in [0, 0.1) is 0 Å². The Morgan fingerprint density at radius 1 is 0.471 bits per heavy atom. The van der Waals surface area contributed by atoms with Crippen LogP contribution in [-0.4, -0.2) is 75.5 Å². The summed E-state index contributed by atoms with van der Waals surface area (Å²) in [7, 11) is 0. The summed E-state index contributed by atoms with van der Waals surface area (Å²) in [5, 5.41) is 0. The van der Waals surface area contributed by atoms with Gasteiger partial charge in [-0.05, 0) is 52.0 Å². The molecule has 0 aromatic carbocycles. The van der Waals surface area contributed by atoms with Gasteiger partial charge in [0.1, 0.15) is 50.8 Å². The van der Waals surface area contributed by atoms with E-state index in [1.807, 2.05) is 0 Å². The highest BCUT2D eigenvalue weighted by molar-refractivity contribution is 5.61. The summed E-state index contributed by atoms with van der Waals surface area (Å²) in [5.74, 6) is 0. The number of carbonyl (C=O) groups is 4. The predicted octanol–water partition coefficient (Wildman–Crippen LogP) is 4.06. The van der Waals surface area contributed by atoms with Crippen molar-refractivity contribution in [2.24, 2.45) is 0 Å². The quantitative estimate of drug-likeness (QED) is 0.276. The Bertz CT molecular complexity index is 601. The molecule has 0 N–H and O–H groups in total. The van der Waals surface area contributed by atoms with E-state index in [0.717, 1.165) is 0 Å². The second-order valence-corrected chi connectivity index (χ2v) is 7.37. The van der Waals surface area contributed by atoms with Gasteiger partial charge in [-0.1, -0.05) is 0 Å². The molecule has 2 unspecified atom stereocenters. The summed E-state index contributed by atoms with van der Waals surface area (Å²) in [6.45, 7) is 6.07. The van der Waals surface area contributed by atoms with Gasteiger partial charge in [0, 0.05) is 12.8 Å². The van der Waals surface area contributed by atoms with Crippen molar-refractivity contribution >= 4 is 24.6 Å². The molecule has 0 aliphatic carbocycles. The van der Waals surface area contributed by atoms with Crippen molar-refractivity contribution < 1.29 is 57.1 Å². The van der Waals surface area contributed by atoms with Crippen molar-refractivity contribution in [3.05, 3.63) is 24.3 Å². The molecule has 34 heavy (non-hydrogen) atoms. The Morgan fingerprint density at radius 2 is 0.676 bits per heavy atom. The minimum absolute atomic E-state index is 0.1000. The summed E-state index contributed by atoms with van der Waals surface area (Å²) < 4.78 is 39.8. The normalized spacial score (nSPS) is 29.3. The van der Waals surface area contributed by atoms with Gasteiger partial charge in [-0.25, -0.2) is 19.2 Å². The molecule has 0 amide bonds. The third-order valence-corrected chi connectivity index (χ3v) is 4.04. The zero-order valence-corrected chi connectivity index (χ0v) is 19.8. The molecule has 12 heteroatoms. The van der Waals surface area contributed by atoms with Gasteiger partial charge in [-0.2, -0.15) is 0 Å². The molecular formula is C22H32O12. The second kappa shape index (κ2) is 16.2. The van der Waals surface area contributed by atoms with Crippen molar-refractivity contribution in [3.8, 4) is 0 Å². The Hall–Kier alpha value is -3.44. The Kier molecular flexibility index (Phi) is 13.6. The molecule has 0 bridgehead atoms. The first-order valence-corrected chi connectivity index (χ1v) is 10.8. The first-order valence-electron chi connectivity index (χ1n) is 10.8. The molecule has 192 valence electrons. The van der Waals surface area contributed by atoms with Crippen LogP contribution in [0.5, 0.6) is 0 Å². The van der Waals surface area contributed by atoms with Crippen LogP contribution in [0.4, 0.5) is 19.2 Å². The van der Waals surface area contributed by atoms with Gasteiger partial charge in [0.05, 0.1) is 0 Å². The Balaban J connectivity index is 2.61. The van der Waals surface area contributed by atoms with E-state index in [2.05, 4.69) is 0 Å². The molecule has 0 fully saturated rings. The van der Waals surface area contributed by atoms with Gasteiger partial charge in [-0.3, -0.25) is 0 Å². The SMILES string of the molecule is CC1C[C@H](C)OC(=O)OC/C=C/COC(=O)OC(C)C[C@H](C)OC(=O)OC/C=C/COC(=O)O1. The molecule has 1 heterocycles. The number of hydrogen-bond donors (Lipinski definition) is 0. The number of carbonyl (C=O) groups excluding carboxylic acids is 4. The van der Waals surface area contributed by atoms with E-state index >= 15 is 0 Å².